The standard InChI is InChI=1S/C5H6F3NO2/c6-5(7,8)4(11)1-2-9(4)3-10/h3,11H,1-2H2. The van der Waals surface area contributed by atoms with Crippen LogP contribution in [-0.4, -0.2) is 34.9 Å². The number of amides is 1. The number of carbonyl (C=O) groups excluding carboxylic acids is 1. The van der Waals surface area contributed by atoms with Crippen molar-refractivity contribution < 1.29 is 23.1 Å². The zero-order valence-electron chi connectivity index (χ0n) is 5.43. The fourth-order valence-electron chi connectivity index (χ4n) is 0.897. The number of carbonyl (C=O) groups is 1. The van der Waals surface area contributed by atoms with Crippen LogP contribution < -0.4 is 0 Å². The van der Waals surface area contributed by atoms with E-state index in [9.17, 15) is 18.0 Å². The summed E-state index contributed by atoms with van der Waals surface area (Å²) in [6, 6.07) is 0. The van der Waals surface area contributed by atoms with Crippen LogP contribution in [0.2, 0.25) is 0 Å². The fourth-order valence-corrected chi connectivity index (χ4v) is 0.897. The highest BCUT2D eigenvalue weighted by Crippen LogP contribution is 2.41. The molecule has 0 spiro atoms. The summed E-state index contributed by atoms with van der Waals surface area (Å²) in [6.45, 7) is -0.0422. The van der Waals surface area contributed by atoms with E-state index in [2.05, 4.69) is 0 Å². The number of likely N-dealkylation sites (tertiary alicyclic amines) is 1. The van der Waals surface area contributed by atoms with Gasteiger partial charge in [0.15, 0.2) is 0 Å². The van der Waals surface area contributed by atoms with E-state index in [0.717, 1.165) is 0 Å². The second-order valence-corrected chi connectivity index (χ2v) is 2.36. The van der Waals surface area contributed by atoms with Gasteiger partial charge in [-0.15, -0.1) is 0 Å². The second kappa shape index (κ2) is 2.10. The van der Waals surface area contributed by atoms with E-state index in [-0.39, 0.29) is 13.0 Å². The van der Waals surface area contributed by atoms with E-state index >= 15 is 0 Å². The topological polar surface area (TPSA) is 40.5 Å². The first kappa shape index (κ1) is 8.32. The van der Waals surface area contributed by atoms with Crippen LogP contribution in [0.1, 0.15) is 6.42 Å². The van der Waals surface area contributed by atoms with Crippen molar-refractivity contribution in [3.8, 4) is 0 Å². The Labute approximate surface area is 60.4 Å². The van der Waals surface area contributed by atoms with Crippen LogP contribution >= 0.6 is 0 Å². The molecule has 1 fully saturated rings. The van der Waals surface area contributed by atoms with E-state index in [1.807, 2.05) is 0 Å². The highest BCUT2D eigenvalue weighted by Gasteiger charge is 2.62. The second-order valence-electron chi connectivity index (χ2n) is 2.36. The van der Waals surface area contributed by atoms with Crippen molar-refractivity contribution in [2.24, 2.45) is 0 Å². The van der Waals surface area contributed by atoms with Gasteiger partial charge in [-0.2, -0.15) is 13.2 Å². The van der Waals surface area contributed by atoms with Gasteiger partial charge < -0.3 is 10.0 Å². The number of hydrogen-bond acceptors (Lipinski definition) is 2. The maximum Gasteiger partial charge on any atom is 0.436 e. The molecular weight excluding hydrogens is 163 g/mol. The van der Waals surface area contributed by atoms with E-state index in [4.69, 9.17) is 5.11 Å². The minimum atomic E-state index is -4.74. The van der Waals surface area contributed by atoms with Gasteiger partial charge in [0.1, 0.15) is 0 Å². The molecule has 3 nitrogen and oxygen atoms in total. The Balaban J connectivity index is 2.76. The minimum absolute atomic E-state index is 0.00299. The summed E-state index contributed by atoms with van der Waals surface area (Å²) in [6.07, 6.45) is -5.18. The van der Waals surface area contributed by atoms with Gasteiger partial charge in [0.2, 0.25) is 12.1 Å². The van der Waals surface area contributed by atoms with Crippen molar-refractivity contribution in [2.45, 2.75) is 18.3 Å². The molecule has 0 aromatic heterocycles. The number of rotatable bonds is 1. The van der Waals surface area contributed by atoms with Gasteiger partial charge in [-0.25, -0.2) is 0 Å². The molecule has 1 N–H and O–H groups in total. The van der Waals surface area contributed by atoms with Crippen molar-refractivity contribution in [1.82, 2.24) is 4.90 Å². The molecule has 1 atom stereocenters. The summed E-state index contributed by atoms with van der Waals surface area (Å²) in [5.41, 5.74) is -2.91. The third-order valence-electron chi connectivity index (χ3n) is 1.76. The number of hydrogen-bond donors (Lipinski definition) is 1. The van der Waals surface area contributed by atoms with Crippen LogP contribution in [0.4, 0.5) is 13.2 Å². The molecule has 1 aliphatic rings. The molecule has 0 aromatic carbocycles. The van der Waals surface area contributed by atoms with Crippen LogP contribution in [0, 0.1) is 0 Å². The lowest BCUT2D eigenvalue weighted by Crippen LogP contribution is -2.67. The molecule has 1 rings (SSSR count). The first-order valence-corrected chi connectivity index (χ1v) is 2.93. The fraction of sp³-hybridized carbons (Fsp3) is 0.800. The molecule has 6 heteroatoms. The lowest BCUT2D eigenvalue weighted by atomic mass is 9.99. The van der Waals surface area contributed by atoms with E-state index in [1.165, 1.54) is 0 Å². The molecular formula is C5H6F3NO2. The Kier molecular flexibility index (Phi) is 1.59. The maximum absolute atomic E-state index is 11.9. The largest absolute Gasteiger partial charge is 0.436 e. The van der Waals surface area contributed by atoms with Crippen molar-refractivity contribution in [3.63, 3.8) is 0 Å². The first-order chi connectivity index (χ1) is 4.92. The zero-order chi connectivity index (χ0) is 8.70. The minimum Gasteiger partial charge on any atom is -0.363 e. The van der Waals surface area contributed by atoms with Crippen LogP contribution in [0.15, 0.2) is 0 Å². The Bertz CT molecular complexity index is 181. The zero-order valence-corrected chi connectivity index (χ0v) is 5.43. The molecule has 0 aliphatic carbocycles. The molecule has 0 aromatic rings. The molecule has 1 saturated heterocycles. The molecule has 0 saturated carbocycles. The normalized spacial score (nSPS) is 31.5. The molecule has 11 heavy (non-hydrogen) atoms. The Morgan fingerprint density at radius 3 is 2.18 bits per heavy atom. The van der Waals surface area contributed by atoms with Gasteiger partial charge in [-0.05, 0) is 0 Å². The van der Waals surface area contributed by atoms with Gasteiger partial charge in [-0.3, -0.25) is 4.79 Å². The van der Waals surface area contributed by atoms with E-state index in [0.29, 0.717) is 4.90 Å². The number of alkyl halides is 3. The van der Waals surface area contributed by atoms with Crippen molar-refractivity contribution in [1.29, 1.82) is 0 Å². The van der Waals surface area contributed by atoms with Gasteiger partial charge in [0, 0.05) is 13.0 Å². The lowest BCUT2D eigenvalue weighted by molar-refractivity contribution is -0.340. The Morgan fingerprint density at radius 1 is 1.55 bits per heavy atom. The average molecular weight is 169 g/mol. The summed E-state index contributed by atoms with van der Waals surface area (Å²) < 4.78 is 35.6. The summed E-state index contributed by atoms with van der Waals surface area (Å²) in [4.78, 5) is 10.2. The predicted octanol–water partition coefficient (Wildman–Crippen LogP) is 0.0994. The smallest absolute Gasteiger partial charge is 0.363 e. The predicted molar refractivity (Wildman–Crippen MR) is 28.4 cm³/mol. The van der Waals surface area contributed by atoms with Gasteiger partial charge in [0.25, 0.3) is 0 Å². The van der Waals surface area contributed by atoms with E-state index < -0.39 is 18.3 Å². The van der Waals surface area contributed by atoms with Gasteiger partial charge in [0.05, 0.1) is 0 Å². The Hall–Kier alpha value is -0.780. The Morgan fingerprint density at radius 2 is 2.09 bits per heavy atom. The number of halogens is 3. The van der Waals surface area contributed by atoms with Crippen molar-refractivity contribution >= 4 is 6.41 Å². The quantitative estimate of drug-likeness (QED) is 0.565. The molecule has 1 aliphatic heterocycles. The molecule has 64 valence electrons. The van der Waals surface area contributed by atoms with Gasteiger partial charge >= 0.3 is 6.18 Å². The molecule has 0 radical (unpaired) electrons. The van der Waals surface area contributed by atoms with Crippen LogP contribution in [0.3, 0.4) is 0 Å². The van der Waals surface area contributed by atoms with Crippen LogP contribution in [0.5, 0.6) is 0 Å². The third kappa shape index (κ3) is 0.973. The van der Waals surface area contributed by atoms with Gasteiger partial charge in [-0.1, -0.05) is 0 Å². The SMILES string of the molecule is O=CN1CCC1(O)C(F)(F)F. The summed E-state index contributed by atoms with van der Waals surface area (Å²) in [5, 5.41) is 8.78. The molecule has 1 heterocycles. The third-order valence-corrected chi connectivity index (χ3v) is 1.76. The van der Waals surface area contributed by atoms with Crippen LogP contribution in [0.25, 0.3) is 0 Å². The van der Waals surface area contributed by atoms with Crippen LogP contribution in [-0.2, 0) is 4.79 Å². The number of aliphatic hydroxyl groups is 1. The average Bonchev–Trinajstić information content (AvgIpc) is 1.83. The molecule has 1 unspecified atom stereocenters. The maximum atomic E-state index is 11.9. The highest BCUT2D eigenvalue weighted by atomic mass is 19.4. The number of nitrogens with zero attached hydrogens (tertiary/aromatic N) is 1. The van der Waals surface area contributed by atoms with Crippen molar-refractivity contribution in [3.05, 3.63) is 0 Å². The lowest BCUT2D eigenvalue weighted by Gasteiger charge is -2.46. The van der Waals surface area contributed by atoms with E-state index in [1.54, 1.807) is 0 Å². The summed E-state index contributed by atoms with van der Waals surface area (Å²) >= 11 is 0. The highest BCUT2D eigenvalue weighted by molar-refractivity contribution is 5.50. The molecule has 1 amide bonds. The molecule has 0 bridgehead atoms. The summed E-state index contributed by atoms with van der Waals surface area (Å²) in [7, 11) is 0. The first-order valence-electron chi connectivity index (χ1n) is 2.93. The monoisotopic (exact) mass is 169 g/mol. The van der Waals surface area contributed by atoms with Crippen molar-refractivity contribution in [2.75, 3.05) is 6.54 Å². The summed E-state index contributed by atoms with van der Waals surface area (Å²) in [5.74, 6) is 0.